The van der Waals surface area contributed by atoms with Crippen molar-refractivity contribution in [1.82, 2.24) is 9.71 Å². The van der Waals surface area contributed by atoms with Gasteiger partial charge >= 0.3 is 0 Å². The molecule has 6 nitrogen and oxygen atoms in total. The lowest BCUT2D eigenvalue weighted by Crippen LogP contribution is -2.15. The van der Waals surface area contributed by atoms with Crippen LogP contribution in [-0.2, 0) is 17.8 Å². The fraction of sp³-hybridized carbons (Fsp3) is 0.111. The van der Waals surface area contributed by atoms with Gasteiger partial charge in [0.25, 0.3) is 0 Å². The summed E-state index contributed by atoms with van der Waals surface area (Å²) in [4.78, 5) is 4.33. The maximum atomic E-state index is 10.6. The highest BCUT2D eigenvalue weighted by Gasteiger charge is 2.12. The molecule has 0 amide bonds. The van der Waals surface area contributed by atoms with Gasteiger partial charge in [-0.25, -0.2) is 4.72 Å². The average molecular weight is 352 g/mol. The molecule has 0 aliphatic heterocycles. The van der Waals surface area contributed by atoms with E-state index in [9.17, 15) is 14.0 Å². The lowest BCUT2D eigenvalue weighted by molar-refractivity contribution is 0.415. The van der Waals surface area contributed by atoms with E-state index in [1.165, 1.54) is 0 Å². The van der Waals surface area contributed by atoms with E-state index in [2.05, 4.69) is 15.8 Å². The summed E-state index contributed by atoms with van der Waals surface area (Å²) < 4.78 is 28.7. The number of aromatic nitrogens is 1. The Morgan fingerprint density at radius 1 is 1.28 bits per heavy atom. The molecule has 0 saturated heterocycles. The first-order valence-corrected chi connectivity index (χ1v) is 8.49. The highest BCUT2D eigenvalue weighted by molar-refractivity contribution is 7.77. The van der Waals surface area contributed by atoms with Gasteiger partial charge in [0, 0.05) is 41.0 Å². The minimum Gasteiger partial charge on any atom is -0.760 e. The minimum absolute atomic E-state index is 0.218. The number of rotatable bonds is 5. The molecule has 1 unspecified atom stereocenters. The summed E-state index contributed by atoms with van der Waals surface area (Å²) in [6, 6.07) is 15.1. The molecule has 126 valence electrons. The summed E-state index contributed by atoms with van der Waals surface area (Å²) in [5, 5.41) is 10.3. The van der Waals surface area contributed by atoms with E-state index in [0.29, 0.717) is 11.3 Å². The van der Waals surface area contributed by atoms with Crippen molar-refractivity contribution in [3.05, 3.63) is 59.8 Å². The second-order valence-electron chi connectivity index (χ2n) is 5.29. The van der Waals surface area contributed by atoms with Gasteiger partial charge in [-0.2, -0.15) is 5.26 Å². The van der Waals surface area contributed by atoms with Gasteiger partial charge in [-0.15, -0.1) is 0 Å². The molecule has 0 bridgehead atoms. The van der Waals surface area contributed by atoms with E-state index >= 15 is 0 Å². The zero-order valence-electron chi connectivity index (χ0n) is 13.4. The summed E-state index contributed by atoms with van der Waals surface area (Å²) >= 11 is -2.30. The maximum Gasteiger partial charge on any atom is 0.121 e. The second-order valence-corrected chi connectivity index (χ2v) is 6.05. The molecular formula is C18H14N3O3S-. The van der Waals surface area contributed by atoms with Crippen LogP contribution in [0.15, 0.2) is 48.7 Å². The van der Waals surface area contributed by atoms with Crippen LogP contribution in [-0.4, -0.2) is 20.9 Å². The molecule has 0 radical (unpaired) electrons. The van der Waals surface area contributed by atoms with Crippen molar-refractivity contribution in [3.8, 4) is 22.9 Å². The van der Waals surface area contributed by atoms with Crippen molar-refractivity contribution < 1.29 is 13.5 Å². The van der Waals surface area contributed by atoms with Crippen LogP contribution < -0.4 is 9.46 Å². The van der Waals surface area contributed by atoms with E-state index in [-0.39, 0.29) is 6.54 Å². The number of benzene rings is 2. The van der Waals surface area contributed by atoms with Crippen LogP contribution in [0, 0.1) is 11.3 Å². The normalized spacial score (nSPS) is 11.9. The average Bonchev–Trinajstić information content (AvgIpc) is 2.65. The zero-order valence-corrected chi connectivity index (χ0v) is 14.2. The van der Waals surface area contributed by atoms with Gasteiger partial charge in [0.2, 0.25) is 0 Å². The molecular weight excluding hydrogens is 338 g/mol. The summed E-state index contributed by atoms with van der Waals surface area (Å²) in [7, 11) is 1.59. The fourth-order valence-corrected chi connectivity index (χ4v) is 2.91. The van der Waals surface area contributed by atoms with Gasteiger partial charge < -0.3 is 9.29 Å². The Morgan fingerprint density at radius 3 is 2.68 bits per heavy atom. The lowest BCUT2D eigenvalue weighted by atomic mass is 9.96. The van der Waals surface area contributed by atoms with Crippen LogP contribution in [0.1, 0.15) is 11.1 Å². The van der Waals surface area contributed by atoms with Crippen molar-refractivity contribution >= 4 is 22.2 Å². The number of fused-ring (bicyclic) bond motifs is 1. The van der Waals surface area contributed by atoms with Gasteiger partial charge in [0.05, 0.1) is 18.2 Å². The third-order valence-electron chi connectivity index (χ3n) is 3.83. The molecule has 0 aliphatic rings. The van der Waals surface area contributed by atoms with Crippen molar-refractivity contribution in [3.63, 3.8) is 0 Å². The molecule has 1 atom stereocenters. The number of pyridine rings is 1. The van der Waals surface area contributed by atoms with Crippen LogP contribution in [0.2, 0.25) is 0 Å². The maximum absolute atomic E-state index is 10.6. The number of nitrogens with one attached hydrogen (secondary N) is 1. The third kappa shape index (κ3) is 3.67. The second kappa shape index (κ2) is 7.40. The highest BCUT2D eigenvalue weighted by Crippen LogP contribution is 2.32. The predicted molar refractivity (Wildman–Crippen MR) is 94.2 cm³/mol. The minimum atomic E-state index is -2.30. The third-order valence-corrected chi connectivity index (χ3v) is 4.21. The van der Waals surface area contributed by atoms with Crippen LogP contribution in [0.25, 0.3) is 22.0 Å². The summed E-state index contributed by atoms with van der Waals surface area (Å²) in [5.41, 5.74) is 3.69. The molecule has 7 heteroatoms. The van der Waals surface area contributed by atoms with Gasteiger partial charge in [0.1, 0.15) is 11.8 Å². The van der Waals surface area contributed by atoms with Crippen LogP contribution in [0.5, 0.6) is 5.75 Å². The summed E-state index contributed by atoms with van der Waals surface area (Å²) in [6.07, 6.45) is 1.55. The van der Waals surface area contributed by atoms with E-state index in [4.69, 9.17) is 4.74 Å². The monoisotopic (exact) mass is 352 g/mol. The Kier molecular flexibility index (Phi) is 5.05. The molecule has 0 aliphatic carbocycles. The van der Waals surface area contributed by atoms with Gasteiger partial charge in [-0.05, 0) is 23.3 Å². The number of hydrogen-bond donors (Lipinski definition) is 1. The van der Waals surface area contributed by atoms with Gasteiger partial charge in [-0.3, -0.25) is 9.19 Å². The molecule has 0 saturated carbocycles. The van der Waals surface area contributed by atoms with Crippen LogP contribution >= 0.6 is 0 Å². The Morgan fingerprint density at radius 2 is 2.04 bits per heavy atom. The number of ether oxygens (including phenoxy) is 1. The molecule has 25 heavy (non-hydrogen) atoms. The highest BCUT2D eigenvalue weighted by atomic mass is 32.2. The number of nitriles is 1. The van der Waals surface area contributed by atoms with Crippen LogP contribution in [0.3, 0.4) is 0 Å². The first kappa shape index (κ1) is 17.0. The smallest absolute Gasteiger partial charge is 0.121 e. The van der Waals surface area contributed by atoms with E-state index in [1.807, 2.05) is 42.5 Å². The first-order chi connectivity index (χ1) is 12.1. The largest absolute Gasteiger partial charge is 0.760 e. The Hall–Kier alpha value is -2.79. The van der Waals surface area contributed by atoms with Gasteiger partial charge in [0.15, 0.2) is 0 Å². The van der Waals surface area contributed by atoms with E-state index in [1.54, 1.807) is 13.3 Å². The predicted octanol–water partition coefficient (Wildman–Crippen LogP) is 2.67. The van der Waals surface area contributed by atoms with E-state index in [0.717, 1.165) is 27.6 Å². The molecule has 0 fully saturated rings. The van der Waals surface area contributed by atoms with Crippen molar-refractivity contribution in [2.75, 3.05) is 7.11 Å². The van der Waals surface area contributed by atoms with Crippen LogP contribution in [0.4, 0.5) is 0 Å². The molecule has 2 aromatic carbocycles. The molecule has 3 aromatic rings. The Bertz CT molecular complexity index is 981. The summed E-state index contributed by atoms with van der Waals surface area (Å²) in [5.74, 6) is 0.697. The van der Waals surface area contributed by atoms with Crippen molar-refractivity contribution in [2.24, 2.45) is 0 Å². The SMILES string of the molecule is COc1ccc2c(-c3ccc(CNS(=O)[O-])cc3)c(C#N)cnc2c1. The Balaban J connectivity index is 2.07. The molecule has 3 rings (SSSR count). The number of methoxy groups -OCH3 is 1. The zero-order chi connectivity index (χ0) is 17.8. The standard InChI is InChI=1S/C18H15N3O3S/c1-24-15-6-7-16-17(8-15)20-11-14(9-19)18(16)13-4-2-12(3-5-13)10-21-25(22)23/h2-8,11,21H,10H2,1H3,(H,22,23)/p-1. The molecule has 1 heterocycles. The quantitative estimate of drug-likeness (QED) is 0.712. The molecule has 1 aromatic heterocycles. The number of hydrogen-bond acceptors (Lipinski definition) is 5. The van der Waals surface area contributed by atoms with Crippen molar-refractivity contribution in [1.29, 1.82) is 5.26 Å². The van der Waals surface area contributed by atoms with Gasteiger partial charge in [-0.1, -0.05) is 24.3 Å². The Labute approximate surface area is 147 Å². The topological polar surface area (TPSA) is 98.1 Å². The molecule has 0 spiro atoms. The lowest BCUT2D eigenvalue weighted by Gasteiger charge is -2.11. The number of nitrogens with zero attached hydrogens (tertiary/aromatic N) is 2. The molecule has 1 N–H and O–H groups in total. The van der Waals surface area contributed by atoms with Crippen molar-refractivity contribution in [2.45, 2.75) is 6.54 Å². The van der Waals surface area contributed by atoms with E-state index < -0.39 is 11.3 Å². The fourth-order valence-electron chi connectivity index (χ4n) is 2.63. The first-order valence-electron chi connectivity index (χ1n) is 7.41. The summed E-state index contributed by atoms with van der Waals surface area (Å²) in [6.45, 7) is 0.218.